The van der Waals surface area contributed by atoms with E-state index in [1.165, 1.54) is 5.01 Å². The summed E-state index contributed by atoms with van der Waals surface area (Å²) in [7, 11) is 0. The molecule has 5 rings (SSSR count). The van der Waals surface area contributed by atoms with Gasteiger partial charge in [0.1, 0.15) is 0 Å². The molecule has 2 amide bonds. The van der Waals surface area contributed by atoms with Crippen LogP contribution in [0.5, 0.6) is 0 Å². The lowest BCUT2D eigenvalue weighted by atomic mass is 10.0. The van der Waals surface area contributed by atoms with Crippen LogP contribution in [0.1, 0.15) is 43.9 Å². The molecule has 3 aromatic rings. The number of hydrogen-bond acceptors (Lipinski definition) is 3. The van der Waals surface area contributed by atoms with Crippen LogP contribution in [0, 0.1) is 0 Å². The van der Waals surface area contributed by atoms with Gasteiger partial charge >= 0.3 is 0 Å². The summed E-state index contributed by atoms with van der Waals surface area (Å²) in [5, 5.41) is 3.22. The number of fused-ring (bicyclic) bond motifs is 1. The van der Waals surface area contributed by atoms with E-state index in [2.05, 4.69) is 0 Å². The van der Waals surface area contributed by atoms with Gasteiger partial charge in [-0.15, -0.1) is 0 Å². The molecule has 2 heterocycles. The predicted octanol–water partition coefficient (Wildman–Crippen LogP) is 4.00. The third kappa shape index (κ3) is 2.13. The minimum atomic E-state index is -0.245. The molecule has 0 radical (unpaired) electrons. The molecule has 0 spiro atoms. The number of carbonyl (C=O) groups is 2. The zero-order valence-electron chi connectivity index (χ0n) is 13.9. The van der Waals surface area contributed by atoms with Gasteiger partial charge in [-0.1, -0.05) is 72.8 Å². The Kier molecular flexibility index (Phi) is 3.27. The lowest BCUT2D eigenvalue weighted by Crippen LogP contribution is -2.35. The van der Waals surface area contributed by atoms with Crippen molar-refractivity contribution in [1.82, 2.24) is 10.0 Å². The van der Waals surface area contributed by atoms with Crippen LogP contribution in [0.3, 0.4) is 0 Å². The quantitative estimate of drug-likeness (QED) is 0.534. The SMILES string of the molecule is O=C1c2ccccc2C(=O)N1N1[C@H](c2ccccc2)[C@H]1c1ccccc1. The zero-order valence-corrected chi connectivity index (χ0v) is 13.9. The first kappa shape index (κ1) is 15.0. The molecular formula is C22H16N2O2. The number of carbonyl (C=O) groups excluding carboxylic acids is 2. The van der Waals surface area contributed by atoms with Crippen LogP contribution < -0.4 is 0 Å². The average molecular weight is 340 g/mol. The molecule has 2 atom stereocenters. The van der Waals surface area contributed by atoms with Crippen molar-refractivity contribution in [1.29, 1.82) is 0 Å². The highest BCUT2D eigenvalue weighted by molar-refractivity contribution is 6.21. The number of rotatable bonds is 3. The van der Waals surface area contributed by atoms with Gasteiger partial charge < -0.3 is 0 Å². The Balaban J connectivity index is 1.57. The van der Waals surface area contributed by atoms with Crippen molar-refractivity contribution in [3.8, 4) is 0 Å². The summed E-state index contributed by atoms with van der Waals surface area (Å²) in [5.74, 6) is -0.491. The fourth-order valence-electron chi connectivity index (χ4n) is 3.83. The van der Waals surface area contributed by atoms with E-state index in [1.54, 1.807) is 24.3 Å². The summed E-state index contributed by atoms with van der Waals surface area (Å²) in [6.07, 6.45) is 0. The molecule has 2 aliphatic rings. The molecule has 0 unspecified atom stereocenters. The van der Waals surface area contributed by atoms with Crippen molar-refractivity contribution in [3.63, 3.8) is 0 Å². The molecule has 4 heteroatoms. The number of imide groups is 1. The van der Waals surface area contributed by atoms with Gasteiger partial charge in [0.2, 0.25) is 0 Å². The van der Waals surface area contributed by atoms with Crippen LogP contribution in [0.2, 0.25) is 0 Å². The van der Waals surface area contributed by atoms with Crippen molar-refractivity contribution < 1.29 is 9.59 Å². The Morgan fingerprint density at radius 3 is 1.35 bits per heavy atom. The molecule has 0 aromatic heterocycles. The first-order valence-corrected chi connectivity index (χ1v) is 8.63. The molecule has 4 nitrogen and oxygen atoms in total. The number of benzene rings is 3. The fourth-order valence-corrected chi connectivity index (χ4v) is 3.83. The van der Waals surface area contributed by atoms with Gasteiger partial charge in [-0.25, -0.2) is 5.01 Å². The normalized spacial score (nSPS) is 23.8. The molecule has 1 saturated heterocycles. The van der Waals surface area contributed by atoms with Crippen LogP contribution in [-0.4, -0.2) is 21.8 Å². The summed E-state index contributed by atoms with van der Waals surface area (Å²) in [6, 6.07) is 27.0. The van der Waals surface area contributed by atoms with Gasteiger partial charge in [-0.05, 0) is 23.3 Å². The number of amides is 2. The minimum Gasteiger partial charge on any atom is -0.267 e. The van der Waals surface area contributed by atoms with Gasteiger partial charge in [0.05, 0.1) is 23.2 Å². The van der Waals surface area contributed by atoms with E-state index in [-0.39, 0.29) is 23.9 Å². The van der Waals surface area contributed by atoms with Gasteiger partial charge in [-0.2, -0.15) is 5.01 Å². The van der Waals surface area contributed by atoms with Crippen LogP contribution in [0.25, 0.3) is 0 Å². The van der Waals surface area contributed by atoms with Crippen LogP contribution in [0.15, 0.2) is 84.9 Å². The highest BCUT2D eigenvalue weighted by atomic mass is 16.2. The lowest BCUT2D eigenvalue weighted by Gasteiger charge is -2.16. The number of nitrogens with zero attached hydrogens (tertiary/aromatic N) is 2. The van der Waals surface area contributed by atoms with E-state index in [0.717, 1.165) is 11.1 Å². The van der Waals surface area contributed by atoms with Crippen molar-refractivity contribution in [2.24, 2.45) is 0 Å². The molecule has 0 bridgehead atoms. The summed E-state index contributed by atoms with van der Waals surface area (Å²) in [5.41, 5.74) is 3.14. The number of hydrogen-bond donors (Lipinski definition) is 0. The largest absolute Gasteiger partial charge is 0.276 e. The topological polar surface area (TPSA) is 40.4 Å². The van der Waals surface area contributed by atoms with Gasteiger partial charge in [-0.3, -0.25) is 9.59 Å². The van der Waals surface area contributed by atoms with E-state index in [9.17, 15) is 9.59 Å². The molecule has 3 aromatic carbocycles. The van der Waals surface area contributed by atoms with Crippen LogP contribution >= 0.6 is 0 Å². The van der Waals surface area contributed by atoms with Gasteiger partial charge in [0, 0.05) is 0 Å². The summed E-state index contributed by atoms with van der Waals surface area (Å²) in [4.78, 5) is 25.8. The Bertz CT molecular complexity index is 920. The first-order valence-electron chi connectivity index (χ1n) is 8.63. The Morgan fingerprint density at radius 1 is 0.538 bits per heavy atom. The maximum Gasteiger partial charge on any atom is 0.276 e. The molecule has 0 N–H and O–H groups in total. The Morgan fingerprint density at radius 2 is 0.923 bits per heavy atom. The zero-order chi connectivity index (χ0) is 17.7. The third-order valence-electron chi connectivity index (χ3n) is 5.07. The molecule has 2 aliphatic heterocycles. The second-order valence-electron chi connectivity index (χ2n) is 6.56. The highest BCUT2D eigenvalue weighted by Gasteiger charge is 2.58. The van der Waals surface area contributed by atoms with Gasteiger partial charge in [0.15, 0.2) is 0 Å². The highest BCUT2D eigenvalue weighted by Crippen LogP contribution is 2.56. The Labute approximate surface area is 151 Å². The van der Waals surface area contributed by atoms with Crippen molar-refractivity contribution in [2.75, 3.05) is 0 Å². The van der Waals surface area contributed by atoms with E-state index in [4.69, 9.17) is 0 Å². The van der Waals surface area contributed by atoms with Crippen LogP contribution in [0.4, 0.5) is 0 Å². The molecule has 126 valence electrons. The van der Waals surface area contributed by atoms with Crippen LogP contribution in [-0.2, 0) is 0 Å². The first-order chi connectivity index (χ1) is 12.8. The Hall–Kier alpha value is -3.24. The van der Waals surface area contributed by atoms with E-state index >= 15 is 0 Å². The molecule has 0 aliphatic carbocycles. The summed E-state index contributed by atoms with van der Waals surface area (Å²) < 4.78 is 0. The maximum absolute atomic E-state index is 12.9. The van der Waals surface area contributed by atoms with Crippen molar-refractivity contribution in [3.05, 3.63) is 107 Å². The minimum absolute atomic E-state index is 0.0270. The standard InChI is InChI=1S/C22H16N2O2/c25-21-17-13-7-8-14-18(17)22(26)24(21)23-19(15-9-3-1-4-10-15)20(23)16-11-5-2-6-12-16/h1-14,19-20H/t19-,20-/m1/s1. The van der Waals surface area contributed by atoms with Gasteiger partial charge in [0.25, 0.3) is 11.8 Å². The van der Waals surface area contributed by atoms with Crippen molar-refractivity contribution in [2.45, 2.75) is 12.1 Å². The van der Waals surface area contributed by atoms with E-state index < -0.39 is 0 Å². The summed E-state index contributed by atoms with van der Waals surface area (Å²) in [6.45, 7) is 0. The van der Waals surface area contributed by atoms with E-state index in [1.807, 2.05) is 65.7 Å². The fraction of sp³-hybridized carbons (Fsp3) is 0.0909. The third-order valence-corrected chi connectivity index (χ3v) is 5.07. The van der Waals surface area contributed by atoms with Crippen molar-refractivity contribution >= 4 is 11.8 Å². The van der Waals surface area contributed by atoms with E-state index in [0.29, 0.717) is 11.1 Å². The monoisotopic (exact) mass is 340 g/mol. The second kappa shape index (κ2) is 5.64. The summed E-state index contributed by atoms with van der Waals surface area (Å²) >= 11 is 0. The molecule has 0 saturated carbocycles. The second-order valence-corrected chi connectivity index (χ2v) is 6.56. The molecular weight excluding hydrogens is 324 g/mol. The average Bonchev–Trinajstić information content (AvgIpc) is 3.38. The maximum atomic E-state index is 12.9. The molecule has 1 fully saturated rings. The predicted molar refractivity (Wildman–Crippen MR) is 97.1 cm³/mol. The number of hydrazine groups is 1. The molecule has 26 heavy (non-hydrogen) atoms. The lowest BCUT2D eigenvalue weighted by molar-refractivity contribution is 0.0341. The smallest absolute Gasteiger partial charge is 0.267 e.